The molecule has 3 rings (SSSR count). The summed E-state index contributed by atoms with van der Waals surface area (Å²) >= 11 is 0. The molecule has 11 heteroatoms. The second-order valence-corrected chi connectivity index (χ2v) is 11.0. The molecule has 3 aromatic carbocycles. The van der Waals surface area contributed by atoms with Crippen LogP contribution in [0.15, 0.2) is 89.8 Å². The van der Waals surface area contributed by atoms with E-state index in [1.54, 1.807) is 25.1 Å². The summed E-state index contributed by atoms with van der Waals surface area (Å²) in [5.74, 6) is -0.944. The van der Waals surface area contributed by atoms with Crippen molar-refractivity contribution in [1.29, 1.82) is 0 Å². The fourth-order valence-electron chi connectivity index (χ4n) is 4.22. The van der Waals surface area contributed by atoms with Gasteiger partial charge in [-0.1, -0.05) is 74.9 Å². The van der Waals surface area contributed by atoms with Gasteiger partial charge < -0.3 is 10.2 Å². The van der Waals surface area contributed by atoms with Crippen LogP contribution < -0.4 is 9.62 Å². The Kier molecular flexibility index (Phi) is 10.8. The number of rotatable bonds is 14. The number of nitrogens with zero attached hydrogens (tertiary/aromatic N) is 3. The van der Waals surface area contributed by atoms with E-state index in [-0.39, 0.29) is 28.7 Å². The predicted octanol–water partition coefficient (Wildman–Crippen LogP) is 4.51. The van der Waals surface area contributed by atoms with E-state index < -0.39 is 33.4 Å². The van der Waals surface area contributed by atoms with Crippen LogP contribution >= 0.6 is 0 Å². The first-order chi connectivity index (χ1) is 19.2. The van der Waals surface area contributed by atoms with E-state index in [0.29, 0.717) is 13.0 Å². The monoisotopic (exact) mass is 566 g/mol. The summed E-state index contributed by atoms with van der Waals surface area (Å²) in [5, 5.41) is 14.3. The molecule has 0 saturated heterocycles. The molecule has 0 aliphatic rings. The Balaban J connectivity index is 2.05. The smallest absolute Gasteiger partial charge is 0.271 e. The third-order valence-electron chi connectivity index (χ3n) is 6.35. The topological polar surface area (TPSA) is 130 Å². The maximum atomic E-state index is 14.0. The van der Waals surface area contributed by atoms with Gasteiger partial charge in [-0.15, -0.1) is 0 Å². The summed E-state index contributed by atoms with van der Waals surface area (Å²) in [7, 11) is -4.31. The third kappa shape index (κ3) is 7.66. The fraction of sp³-hybridized carbons (Fsp3) is 0.310. The van der Waals surface area contributed by atoms with E-state index in [2.05, 4.69) is 5.32 Å². The largest absolute Gasteiger partial charge is 0.354 e. The number of hydrogen-bond acceptors (Lipinski definition) is 6. The first-order valence-electron chi connectivity index (χ1n) is 13.1. The van der Waals surface area contributed by atoms with Crippen LogP contribution in [0, 0.1) is 10.1 Å². The normalized spacial score (nSPS) is 11.8. The molecule has 0 heterocycles. The molecule has 0 unspecified atom stereocenters. The van der Waals surface area contributed by atoms with Crippen LogP contribution in [0.3, 0.4) is 0 Å². The second kappa shape index (κ2) is 14.2. The van der Waals surface area contributed by atoms with Crippen molar-refractivity contribution in [2.24, 2.45) is 0 Å². The molecular weight excluding hydrogens is 532 g/mol. The maximum Gasteiger partial charge on any atom is 0.271 e. The van der Waals surface area contributed by atoms with Gasteiger partial charge in [-0.25, -0.2) is 8.42 Å². The van der Waals surface area contributed by atoms with Gasteiger partial charge in [-0.3, -0.25) is 24.0 Å². The number of carbonyl (C=O) groups is 2. The van der Waals surface area contributed by atoms with Crippen molar-refractivity contribution in [3.63, 3.8) is 0 Å². The first-order valence-corrected chi connectivity index (χ1v) is 14.6. The van der Waals surface area contributed by atoms with E-state index in [9.17, 15) is 28.1 Å². The van der Waals surface area contributed by atoms with E-state index in [1.165, 1.54) is 35.2 Å². The number of nitro groups is 1. The van der Waals surface area contributed by atoms with Gasteiger partial charge in [0.15, 0.2) is 0 Å². The number of nitrogens with one attached hydrogen (secondary N) is 1. The van der Waals surface area contributed by atoms with Gasteiger partial charge >= 0.3 is 0 Å². The highest BCUT2D eigenvalue weighted by Gasteiger charge is 2.34. The van der Waals surface area contributed by atoms with Crippen LogP contribution in [0.1, 0.15) is 38.7 Å². The van der Waals surface area contributed by atoms with E-state index in [1.807, 2.05) is 37.3 Å². The Bertz CT molecular complexity index is 1400. The minimum atomic E-state index is -4.31. The highest BCUT2D eigenvalue weighted by molar-refractivity contribution is 7.92. The van der Waals surface area contributed by atoms with Gasteiger partial charge in [0.25, 0.3) is 15.7 Å². The molecule has 0 aromatic heterocycles. The Morgan fingerprint density at radius 1 is 0.950 bits per heavy atom. The number of unbranched alkanes of at least 4 members (excludes halogenated alkanes) is 1. The molecule has 0 bridgehead atoms. The Morgan fingerprint density at radius 3 is 2.20 bits per heavy atom. The van der Waals surface area contributed by atoms with E-state index in [4.69, 9.17) is 0 Å². The summed E-state index contributed by atoms with van der Waals surface area (Å²) in [6.07, 6.45) is 1.97. The summed E-state index contributed by atoms with van der Waals surface area (Å²) in [6, 6.07) is 20.9. The van der Waals surface area contributed by atoms with Gasteiger partial charge in [0.2, 0.25) is 11.8 Å². The molecule has 1 atom stereocenters. The summed E-state index contributed by atoms with van der Waals surface area (Å²) in [6.45, 7) is 3.66. The summed E-state index contributed by atoms with van der Waals surface area (Å²) in [4.78, 5) is 39.3. The number of amides is 2. The molecule has 2 amide bonds. The lowest BCUT2D eigenvalue weighted by Gasteiger charge is -2.33. The Morgan fingerprint density at radius 2 is 1.60 bits per heavy atom. The number of non-ortho nitro benzene ring substituents is 1. The average Bonchev–Trinajstić information content (AvgIpc) is 2.96. The molecule has 40 heavy (non-hydrogen) atoms. The lowest BCUT2D eigenvalue weighted by atomic mass is 10.1. The Labute approximate surface area is 234 Å². The van der Waals surface area contributed by atoms with E-state index >= 15 is 0 Å². The van der Waals surface area contributed by atoms with Crippen LogP contribution in [0.4, 0.5) is 11.4 Å². The number of carbonyl (C=O) groups excluding carboxylic acids is 2. The molecule has 10 nitrogen and oxygen atoms in total. The molecule has 0 fully saturated rings. The van der Waals surface area contributed by atoms with Gasteiger partial charge in [0.1, 0.15) is 12.6 Å². The van der Waals surface area contributed by atoms with Crippen molar-refractivity contribution in [1.82, 2.24) is 10.2 Å². The predicted molar refractivity (Wildman–Crippen MR) is 153 cm³/mol. The standard InChI is InChI=1S/C29H34N4O6S/c1-3-5-19-30-29(35)27(4-2)31(21-23-13-8-6-9-14-23)28(34)22-32(24-15-12-16-25(20-24)33(36)37)40(38,39)26-17-10-7-11-18-26/h6-18,20,27H,3-5,19,21-22H2,1-2H3,(H,30,35)/t27-/m1/s1. The van der Waals surface area contributed by atoms with Gasteiger partial charge in [-0.05, 0) is 36.6 Å². The van der Waals surface area contributed by atoms with Crippen LogP contribution in [0.25, 0.3) is 0 Å². The zero-order chi connectivity index (χ0) is 29.1. The number of nitro benzene ring substituents is 1. The van der Waals surface area contributed by atoms with Crippen LogP contribution in [0.2, 0.25) is 0 Å². The second-order valence-electron chi connectivity index (χ2n) is 9.18. The zero-order valence-electron chi connectivity index (χ0n) is 22.6. The van der Waals surface area contributed by atoms with Gasteiger partial charge in [0, 0.05) is 25.2 Å². The van der Waals surface area contributed by atoms with Crippen molar-refractivity contribution in [2.75, 3.05) is 17.4 Å². The zero-order valence-corrected chi connectivity index (χ0v) is 23.4. The van der Waals surface area contributed by atoms with Gasteiger partial charge in [0.05, 0.1) is 15.5 Å². The molecule has 0 saturated carbocycles. The quantitative estimate of drug-likeness (QED) is 0.174. The van der Waals surface area contributed by atoms with Gasteiger partial charge in [-0.2, -0.15) is 0 Å². The van der Waals surface area contributed by atoms with Crippen LogP contribution in [-0.4, -0.2) is 49.2 Å². The number of anilines is 1. The van der Waals surface area contributed by atoms with E-state index in [0.717, 1.165) is 28.8 Å². The highest BCUT2D eigenvalue weighted by Crippen LogP contribution is 2.27. The first kappa shape index (κ1) is 30.3. The Hall–Kier alpha value is -4.25. The molecular formula is C29H34N4O6S. The maximum absolute atomic E-state index is 14.0. The number of hydrogen-bond donors (Lipinski definition) is 1. The molecule has 0 spiro atoms. The molecule has 0 radical (unpaired) electrons. The highest BCUT2D eigenvalue weighted by atomic mass is 32.2. The molecule has 0 aliphatic carbocycles. The number of benzene rings is 3. The average molecular weight is 567 g/mol. The summed E-state index contributed by atoms with van der Waals surface area (Å²) in [5.41, 5.74) is 0.413. The molecule has 0 aliphatic heterocycles. The minimum absolute atomic E-state index is 0.0356. The third-order valence-corrected chi connectivity index (χ3v) is 8.14. The van der Waals surface area contributed by atoms with Crippen molar-refractivity contribution in [3.05, 3.63) is 101 Å². The fourth-order valence-corrected chi connectivity index (χ4v) is 5.64. The van der Waals surface area contributed by atoms with Crippen molar-refractivity contribution in [3.8, 4) is 0 Å². The van der Waals surface area contributed by atoms with Crippen LogP contribution in [-0.2, 0) is 26.2 Å². The minimum Gasteiger partial charge on any atom is -0.354 e. The lowest BCUT2D eigenvalue weighted by molar-refractivity contribution is -0.384. The van der Waals surface area contributed by atoms with Crippen molar-refractivity contribution >= 4 is 33.2 Å². The van der Waals surface area contributed by atoms with Crippen molar-refractivity contribution < 1.29 is 22.9 Å². The summed E-state index contributed by atoms with van der Waals surface area (Å²) < 4.78 is 28.4. The van der Waals surface area contributed by atoms with Crippen LogP contribution in [0.5, 0.6) is 0 Å². The SMILES string of the molecule is CCCCNC(=O)[C@@H](CC)N(Cc1ccccc1)C(=O)CN(c1cccc([N+](=O)[O-])c1)S(=O)(=O)c1ccccc1. The molecule has 3 aromatic rings. The lowest BCUT2D eigenvalue weighted by Crippen LogP contribution is -2.52. The molecule has 212 valence electrons. The molecule has 1 N–H and O–H groups in total. The van der Waals surface area contributed by atoms with Crippen molar-refractivity contribution in [2.45, 2.75) is 50.6 Å². The number of sulfonamides is 1.